The highest BCUT2D eigenvalue weighted by Gasteiger charge is 2.27. The average molecular weight is 281 g/mol. The highest BCUT2D eigenvalue weighted by Crippen LogP contribution is 2.35. The minimum Gasteiger partial charge on any atom is -0.347 e. The van der Waals surface area contributed by atoms with Crippen molar-refractivity contribution in [1.29, 1.82) is 0 Å². The van der Waals surface area contributed by atoms with Crippen molar-refractivity contribution in [3.05, 3.63) is 11.9 Å². The molecule has 0 saturated heterocycles. The minimum atomic E-state index is -0.387. The summed E-state index contributed by atoms with van der Waals surface area (Å²) in [6.07, 6.45) is 7.97. The molecule has 2 unspecified atom stereocenters. The third kappa shape index (κ3) is 3.58. The first-order valence-corrected chi connectivity index (χ1v) is 7.95. The van der Waals surface area contributed by atoms with E-state index in [2.05, 4.69) is 17.2 Å². The first kappa shape index (κ1) is 15.4. The van der Waals surface area contributed by atoms with Gasteiger partial charge in [-0.3, -0.25) is 0 Å². The predicted molar refractivity (Wildman–Crippen MR) is 77.3 cm³/mol. The first-order valence-electron chi connectivity index (χ1n) is 7.95. The predicted octanol–water partition coefficient (Wildman–Crippen LogP) is 3.49. The Hall–Kier alpha value is -0.940. The van der Waals surface area contributed by atoms with E-state index >= 15 is 0 Å². The Morgan fingerprint density at radius 3 is 2.55 bits per heavy atom. The Kier molecular flexibility index (Phi) is 5.98. The second kappa shape index (κ2) is 7.74. The number of hydrogen-bond donors (Lipinski definition) is 0. The minimum absolute atomic E-state index is 0.387. The molecule has 1 aliphatic rings. The van der Waals surface area contributed by atoms with Gasteiger partial charge in [0.2, 0.25) is 6.29 Å². The maximum absolute atomic E-state index is 5.58. The molecule has 1 fully saturated rings. The molecule has 0 radical (unpaired) electrons. The molecule has 2 atom stereocenters. The molecular formula is C15H27N3O2. The van der Waals surface area contributed by atoms with Crippen molar-refractivity contribution >= 4 is 0 Å². The zero-order valence-corrected chi connectivity index (χ0v) is 12.9. The largest absolute Gasteiger partial charge is 0.347 e. The monoisotopic (exact) mass is 281 g/mol. The smallest absolute Gasteiger partial charge is 0.204 e. The van der Waals surface area contributed by atoms with E-state index in [0.717, 1.165) is 11.6 Å². The van der Waals surface area contributed by atoms with Crippen molar-refractivity contribution in [3.63, 3.8) is 0 Å². The Morgan fingerprint density at radius 2 is 1.90 bits per heavy atom. The second-order valence-electron chi connectivity index (χ2n) is 5.39. The van der Waals surface area contributed by atoms with E-state index in [9.17, 15) is 0 Å². The molecule has 1 heterocycles. The van der Waals surface area contributed by atoms with Crippen LogP contribution in [-0.4, -0.2) is 28.2 Å². The van der Waals surface area contributed by atoms with Crippen molar-refractivity contribution in [2.45, 2.75) is 65.2 Å². The molecule has 1 aromatic rings. The quantitative estimate of drug-likeness (QED) is 0.718. The molecule has 20 heavy (non-hydrogen) atoms. The summed E-state index contributed by atoms with van der Waals surface area (Å²) < 4.78 is 13.2. The summed E-state index contributed by atoms with van der Waals surface area (Å²) in [4.78, 5) is 0. The molecule has 0 amide bonds. The zero-order valence-electron chi connectivity index (χ0n) is 12.9. The van der Waals surface area contributed by atoms with Gasteiger partial charge < -0.3 is 9.47 Å². The lowest BCUT2D eigenvalue weighted by Crippen LogP contribution is -2.23. The van der Waals surface area contributed by atoms with Crippen LogP contribution in [0.1, 0.15) is 70.9 Å². The van der Waals surface area contributed by atoms with E-state index < -0.39 is 0 Å². The molecular weight excluding hydrogens is 254 g/mol. The van der Waals surface area contributed by atoms with Gasteiger partial charge in [-0.15, -0.1) is 5.10 Å². The Bertz CT molecular complexity index is 388. The summed E-state index contributed by atoms with van der Waals surface area (Å²) in [6.45, 7) is 7.41. The van der Waals surface area contributed by atoms with Crippen molar-refractivity contribution in [2.75, 3.05) is 13.2 Å². The van der Waals surface area contributed by atoms with Gasteiger partial charge in [-0.1, -0.05) is 31.4 Å². The summed E-state index contributed by atoms with van der Waals surface area (Å²) in [5.41, 5.74) is 0.786. The van der Waals surface area contributed by atoms with Gasteiger partial charge in [-0.05, 0) is 32.6 Å². The fourth-order valence-corrected chi connectivity index (χ4v) is 3.09. The number of rotatable bonds is 7. The van der Waals surface area contributed by atoms with Crippen molar-refractivity contribution < 1.29 is 9.47 Å². The van der Waals surface area contributed by atoms with E-state index in [-0.39, 0.29) is 6.29 Å². The van der Waals surface area contributed by atoms with E-state index in [1.165, 1.54) is 32.1 Å². The molecule has 1 aliphatic carbocycles. The van der Waals surface area contributed by atoms with Crippen LogP contribution in [0.5, 0.6) is 0 Å². The topological polar surface area (TPSA) is 49.2 Å². The number of hydrogen-bond acceptors (Lipinski definition) is 4. The van der Waals surface area contributed by atoms with Gasteiger partial charge >= 0.3 is 0 Å². The van der Waals surface area contributed by atoms with Crippen LogP contribution >= 0.6 is 0 Å². The summed E-state index contributed by atoms with van der Waals surface area (Å²) in [5.74, 6) is 0.718. The molecule has 0 spiro atoms. The normalized spacial score (nSPS) is 23.4. The maximum Gasteiger partial charge on any atom is 0.204 e. The van der Waals surface area contributed by atoms with Gasteiger partial charge in [-0.2, -0.15) is 0 Å². The molecule has 1 saturated carbocycles. The lowest BCUT2D eigenvalue weighted by atomic mass is 9.83. The van der Waals surface area contributed by atoms with Crippen molar-refractivity contribution in [1.82, 2.24) is 15.0 Å². The van der Waals surface area contributed by atoms with Gasteiger partial charge in [-0.25, -0.2) is 4.68 Å². The molecule has 1 aromatic heterocycles. The summed E-state index contributed by atoms with van der Waals surface area (Å²) in [7, 11) is 0. The third-order valence-corrected chi connectivity index (χ3v) is 4.14. The summed E-state index contributed by atoms with van der Waals surface area (Å²) in [5, 5.41) is 8.59. The van der Waals surface area contributed by atoms with Crippen molar-refractivity contribution in [2.24, 2.45) is 5.92 Å². The molecule has 5 nitrogen and oxygen atoms in total. The van der Waals surface area contributed by atoms with Gasteiger partial charge in [0.15, 0.2) is 0 Å². The molecule has 0 N–H and O–H groups in total. The highest BCUT2D eigenvalue weighted by molar-refractivity contribution is 4.97. The third-order valence-electron chi connectivity index (χ3n) is 4.14. The van der Waals surface area contributed by atoms with E-state index in [0.29, 0.717) is 19.3 Å². The fraction of sp³-hybridized carbons (Fsp3) is 0.867. The van der Waals surface area contributed by atoms with Crippen LogP contribution in [0.25, 0.3) is 0 Å². The average Bonchev–Trinajstić information content (AvgIpc) is 2.96. The molecule has 0 aliphatic heterocycles. The van der Waals surface area contributed by atoms with Crippen LogP contribution in [0.3, 0.4) is 0 Å². The van der Waals surface area contributed by atoms with Crippen LogP contribution in [-0.2, 0) is 9.47 Å². The maximum atomic E-state index is 5.58. The molecule has 114 valence electrons. The van der Waals surface area contributed by atoms with Crippen LogP contribution in [0.2, 0.25) is 0 Å². The lowest BCUT2D eigenvalue weighted by Gasteiger charge is -2.30. The standard InChI is InChI=1S/C15H27N3O2/c1-4-12-9-7-8-10-14(12)18-11-13(16-17-18)15(19-5-2)20-6-3/h11-12,14-15H,4-10H2,1-3H3. The fourth-order valence-electron chi connectivity index (χ4n) is 3.09. The van der Waals surface area contributed by atoms with Crippen LogP contribution in [0, 0.1) is 5.92 Å². The Labute approximate surface area is 121 Å². The first-order chi connectivity index (χ1) is 9.80. The molecule has 0 aromatic carbocycles. The Balaban J connectivity index is 2.09. The van der Waals surface area contributed by atoms with Gasteiger partial charge in [0.05, 0.1) is 12.2 Å². The second-order valence-corrected chi connectivity index (χ2v) is 5.39. The van der Waals surface area contributed by atoms with Gasteiger partial charge in [0.1, 0.15) is 5.69 Å². The lowest BCUT2D eigenvalue weighted by molar-refractivity contribution is -0.142. The number of ether oxygens (including phenoxy) is 2. The van der Waals surface area contributed by atoms with E-state index in [4.69, 9.17) is 9.47 Å². The number of nitrogens with zero attached hydrogens (tertiary/aromatic N) is 3. The zero-order chi connectivity index (χ0) is 14.4. The van der Waals surface area contributed by atoms with Crippen LogP contribution < -0.4 is 0 Å². The SMILES string of the molecule is CCOC(OCC)c1cn(C2CCCCC2CC)nn1. The Morgan fingerprint density at radius 1 is 1.20 bits per heavy atom. The van der Waals surface area contributed by atoms with Crippen molar-refractivity contribution in [3.8, 4) is 0 Å². The van der Waals surface area contributed by atoms with Crippen LogP contribution in [0.4, 0.5) is 0 Å². The van der Waals surface area contributed by atoms with Gasteiger partial charge in [0, 0.05) is 13.2 Å². The highest BCUT2D eigenvalue weighted by atomic mass is 16.7. The molecule has 2 rings (SSSR count). The molecule has 5 heteroatoms. The van der Waals surface area contributed by atoms with E-state index in [1.54, 1.807) is 0 Å². The van der Waals surface area contributed by atoms with Gasteiger partial charge in [0.25, 0.3) is 0 Å². The summed E-state index contributed by atoms with van der Waals surface area (Å²) >= 11 is 0. The van der Waals surface area contributed by atoms with Crippen LogP contribution in [0.15, 0.2) is 6.20 Å². The number of aromatic nitrogens is 3. The molecule has 0 bridgehead atoms. The summed E-state index contributed by atoms with van der Waals surface area (Å²) in [6, 6.07) is 0.485. The van der Waals surface area contributed by atoms with E-state index in [1.807, 2.05) is 24.7 Å².